The zero-order valence-electron chi connectivity index (χ0n) is 12.2. The minimum Gasteiger partial charge on any atom is -0.480 e. The van der Waals surface area contributed by atoms with E-state index in [4.69, 9.17) is 9.52 Å². The van der Waals surface area contributed by atoms with E-state index in [1.54, 1.807) is 30.3 Å². The van der Waals surface area contributed by atoms with Crippen molar-refractivity contribution in [3.05, 3.63) is 36.1 Å². The Morgan fingerprint density at radius 2 is 1.96 bits per heavy atom. The number of benzene rings is 1. The van der Waals surface area contributed by atoms with Crippen LogP contribution in [-0.2, 0) is 16.0 Å². The molecule has 0 aliphatic carbocycles. The number of rotatable bonds is 6. The van der Waals surface area contributed by atoms with Crippen LogP contribution in [0.1, 0.15) is 5.76 Å². The Labute approximate surface area is 140 Å². The molecule has 0 spiro atoms. The number of alkyl halides is 3. The van der Waals surface area contributed by atoms with Gasteiger partial charge in [-0.3, -0.25) is 4.79 Å². The van der Waals surface area contributed by atoms with Crippen molar-refractivity contribution in [1.82, 2.24) is 5.32 Å². The number of carboxylic acid groups (broad SMARTS) is 1. The van der Waals surface area contributed by atoms with E-state index in [2.05, 4.69) is 12.6 Å². The van der Waals surface area contributed by atoms with Gasteiger partial charge in [-0.2, -0.15) is 25.8 Å². The third-order valence-corrected chi connectivity index (χ3v) is 3.76. The first-order chi connectivity index (χ1) is 11.2. The van der Waals surface area contributed by atoms with Crippen LogP contribution in [0.3, 0.4) is 0 Å². The quantitative estimate of drug-likeness (QED) is 0.691. The fourth-order valence-corrected chi connectivity index (χ4v) is 2.52. The number of carbonyl (C=O) groups is 2. The Bertz CT molecular complexity index is 711. The highest BCUT2D eigenvalue weighted by Crippen LogP contribution is 2.27. The van der Waals surface area contributed by atoms with Crippen LogP contribution >= 0.6 is 12.6 Å². The number of amides is 1. The van der Waals surface area contributed by atoms with Gasteiger partial charge in [0.05, 0.1) is 0 Å². The van der Waals surface area contributed by atoms with Crippen molar-refractivity contribution in [2.75, 3.05) is 5.75 Å². The SMILES string of the molecule is O=C(O)[C@H](Cc1cc2ccccc2o1)NC(=O)[C@H](CS)C(F)(F)F. The van der Waals surface area contributed by atoms with Gasteiger partial charge >= 0.3 is 12.1 Å². The van der Waals surface area contributed by atoms with Gasteiger partial charge in [-0.05, 0) is 12.1 Å². The molecule has 1 amide bonds. The molecule has 5 nitrogen and oxygen atoms in total. The van der Waals surface area contributed by atoms with Gasteiger partial charge < -0.3 is 14.8 Å². The molecule has 1 aromatic carbocycles. The average molecular weight is 361 g/mol. The fourth-order valence-electron chi connectivity index (χ4n) is 2.15. The molecule has 0 saturated heterocycles. The molecule has 2 rings (SSSR count). The number of furan rings is 1. The third kappa shape index (κ3) is 4.22. The highest BCUT2D eigenvalue weighted by atomic mass is 32.1. The van der Waals surface area contributed by atoms with Crippen molar-refractivity contribution in [1.29, 1.82) is 0 Å². The van der Waals surface area contributed by atoms with Gasteiger partial charge in [0.2, 0.25) is 5.91 Å². The second kappa shape index (κ2) is 7.16. The Kier molecular flexibility index (Phi) is 5.43. The molecule has 1 heterocycles. The lowest BCUT2D eigenvalue weighted by Crippen LogP contribution is -2.48. The number of aliphatic carboxylic acids is 1. The van der Waals surface area contributed by atoms with Gasteiger partial charge in [0.1, 0.15) is 23.3 Å². The molecule has 0 aliphatic rings. The Morgan fingerprint density at radius 3 is 2.50 bits per heavy atom. The summed E-state index contributed by atoms with van der Waals surface area (Å²) in [5, 5.41) is 11.8. The molecule has 0 bridgehead atoms. The molecule has 2 N–H and O–H groups in total. The van der Waals surface area contributed by atoms with Crippen molar-refractivity contribution < 1.29 is 32.3 Å². The molecule has 0 aliphatic heterocycles. The maximum absolute atomic E-state index is 12.7. The summed E-state index contributed by atoms with van der Waals surface area (Å²) in [5.41, 5.74) is 0.520. The number of carbonyl (C=O) groups excluding carboxylic acids is 1. The minimum absolute atomic E-state index is 0.248. The van der Waals surface area contributed by atoms with Crippen LogP contribution in [0.2, 0.25) is 0 Å². The summed E-state index contributed by atoms with van der Waals surface area (Å²) in [5.74, 6) is -5.78. The fraction of sp³-hybridized carbons (Fsp3) is 0.333. The lowest BCUT2D eigenvalue weighted by molar-refractivity contribution is -0.178. The second-order valence-electron chi connectivity index (χ2n) is 5.13. The van der Waals surface area contributed by atoms with Crippen LogP contribution in [0.15, 0.2) is 34.7 Å². The van der Waals surface area contributed by atoms with E-state index in [9.17, 15) is 22.8 Å². The predicted octanol–water partition coefficient (Wildman–Crippen LogP) is 2.65. The number of fused-ring (bicyclic) bond motifs is 1. The van der Waals surface area contributed by atoms with Crippen molar-refractivity contribution >= 4 is 35.5 Å². The minimum atomic E-state index is -4.80. The zero-order chi connectivity index (χ0) is 17.9. The second-order valence-corrected chi connectivity index (χ2v) is 5.50. The lowest BCUT2D eigenvalue weighted by atomic mass is 10.1. The first-order valence-electron chi connectivity index (χ1n) is 6.90. The highest BCUT2D eigenvalue weighted by Gasteiger charge is 2.44. The molecule has 1 aromatic heterocycles. The van der Waals surface area contributed by atoms with Gasteiger partial charge in [-0.25, -0.2) is 4.79 Å². The summed E-state index contributed by atoms with van der Waals surface area (Å²) in [4.78, 5) is 23.0. The molecule has 0 saturated carbocycles. The lowest BCUT2D eigenvalue weighted by Gasteiger charge is -2.20. The van der Waals surface area contributed by atoms with Crippen molar-refractivity contribution in [2.24, 2.45) is 5.92 Å². The average Bonchev–Trinajstić information content (AvgIpc) is 2.87. The van der Waals surface area contributed by atoms with Crippen LogP contribution in [-0.4, -0.2) is 35.0 Å². The molecule has 2 aromatic rings. The zero-order valence-corrected chi connectivity index (χ0v) is 13.1. The summed E-state index contributed by atoms with van der Waals surface area (Å²) in [6.45, 7) is 0. The molecule has 2 atom stereocenters. The molecule has 24 heavy (non-hydrogen) atoms. The van der Waals surface area contributed by atoms with Crippen LogP contribution < -0.4 is 5.32 Å². The van der Waals surface area contributed by atoms with Crippen LogP contribution in [0, 0.1) is 5.92 Å². The first-order valence-corrected chi connectivity index (χ1v) is 7.54. The largest absolute Gasteiger partial charge is 0.480 e. The van der Waals surface area contributed by atoms with E-state index in [1.807, 2.05) is 5.32 Å². The van der Waals surface area contributed by atoms with E-state index >= 15 is 0 Å². The van der Waals surface area contributed by atoms with Gasteiger partial charge in [0.25, 0.3) is 0 Å². The summed E-state index contributed by atoms with van der Waals surface area (Å²) in [6, 6.07) is 6.95. The predicted molar refractivity (Wildman–Crippen MR) is 82.9 cm³/mol. The van der Waals surface area contributed by atoms with Crippen molar-refractivity contribution in [3.63, 3.8) is 0 Å². The normalized spacial score (nSPS) is 14.3. The van der Waals surface area contributed by atoms with E-state index in [-0.39, 0.29) is 12.2 Å². The molecule has 0 radical (unpaired) electrons. The molecule has 130 valence electrons. The Balaban J connectivity index is 2.14. The number of nitrogens with one attached hydrogen (secondary N) is 1. The molecular weight excluding hydrogens is 347 g/mol. The van der Waals surface area contributed by atoms with Crippen molar-refractivity contribution in [2.45, 2.75) is 18.6 Å². The molecule has 0 unspecified atom stereocenters. The van der Waals surface area contributed by atoms with Gasteiger partial charge in [0.15, 0.2) is 0 Å². The number of para-hydroxylation sites is 1. The van der Waals surface area contributed by atoms with E-state index in [0.29, 0.717) is 5.58 Å². The van der Waals surface area contributed by atoms with E-state index in [0.717, 1.165) is 5.39 Å². The maximum atomic E-state index is 12.7. The molecular formula is C15H14F3NO4S. The summed E-state index contributed by atoms with van der Waals surface area (Å²) in [7, 11) is 0. The third-order valence-electron chi connectivity index (χ3n) is 3.39. The number of carboxylic acids is 1. The summed E-state index contributed by atoms with van der Waals surface area (Å²) < 4.78 is 43.6. The van der Waals surface area contributed by atoms with Crippen LogP contribution in [0.25, 0.3) is 11.0 Å². The van der Waals surface area contributed by atoms with Gasteiger partial charge in [-0.1, -0.05) is 18.2 Å². The number of halogens is 3. The summed E-state index contributed by atoms with van der Waals surface area (Å²) in [6.07, 6.45) is -5.07. The first kappa shape index (κ1) is 18.2. The standard InChI is InChI=1S/C15H14F3NO4S/c16-15(17,18)10(7-24)13(20)19-11(14(21)22)6-9-5-8-3-1-2-4-12(8)23-9/h1-5,10-11,24H,6-7H2,(H,19,20)(H,21,22)/t10-,11-/m0/s1. The topological polar surface area (TPSA) is 79.5 Å². The van der Waals surface area contributed by atoms with E-state index in [1.165, 1.54) is 0 Å². The maximum Gasteiger partial charge on any atom is 0.401 e. The highest BCUT2D eigenvalue weighted by molar-refractivity contribution is 7.80. The molecule has 0 fully saturated rings. The Morgan fingerprint density at radius 1 is 1.29 bits per heavy atom. The number of thiol groups is 1. The monoisotopic (exact) mass is 361 g/mol. The number of hydrogen-bond donors (Lipinski definition) is 3. The van der Waals surface area contributed by atoms with Crippen LogP contribution in [0.5, 0.6) is 0 Å². The number of hydrogen-bond acceptors (Lipinski definition) is 4. The molecule has 9 heteroatoms. The van der Waals surface area contributed by atoms with Crippen LogP contribution in [0.4, 0.5) is 13.2 Å². The van der Waals surface area contributed by atoms with E-state index < -0.39 is 35.8 Å². The Hall–Kier alpha value is -2.16. The van der Waals surface area contributed by atoms with Gasteiger partial charge in [-0.15, -0.1) is 0 Å². The van der Waals surface area contributed by atoms with Crippen molar-refractivity contribution in [3.8, 4) is 0 Å². The van der Waals surface area contributed by atoms with Gasteiger partial charge in [0, 0.05) is 17.6 Å². The smallest absolute Gasteiger partial charge is 0.401 e. The summed E-state index contributed by atoms with van der Waals surface area (Å²) >= 11 is 3.51.